The average molecular weight is 469 g/mol. The quantitative estimate of drug-likeness (QED) is 0.370. The van der Waals surface area contributed by atoms with Crippen LogP contribution in [-0.4, -0.2) is 31.0 Å². The number of alkyl halides is 2. The number of ether oxygens (including phenoxy) is 2. The lowest BCUT2D eigenvalue weighted by molar-refractivity contribution is -0.144. The van der Waals surface area contributed by atoms with Gasteiger partial charge in [0.1, 0.15) is 5.75 Å². The number of benzene rings is 2. The van der Waals surface area contributed by atoms with Crippen LogP contribution in [0.5, 0.6) is 5.75 Å². The summed E-state index contributed by atoms with van der Waals surface area (Å²) in [5.41, 5.74) is 5.18. The predicted molar refractivity (Wildman–Crippen MR) is 103 cm³/mol. The summed E-state index contributed by atoms with van der Waals surface area (Å²) < 4.78 is 33.9. The number of hydrogen-bond donors (Lipinski definition) is 2. The van der Waals surface area contributed by atoms with E-state index in [1.54, 1.807) is 24.3 Å². The van der Waals surface area contributed by atoms with Gasteiger partial charge in [0, 0.05) is 16.1 Å². The Morgan fingerprint density at radius 3 is 2.28 bits per heavy atom. The molecule has 0 heterocycles. The van der Waals surface area contributed by atoms with Gasteiger partial charge in [-0.15, -0.1) is 0 Å². The van der Waals surface area contributed by atoms with E-state index >= 15 is 0 Å². The molecule has 10 heteroatoms. The van der Waals surface area contributed by atoms with Crippen LogP contribution in [0.4, 0.5) is 8.78 Å². The topological polar surface area (TPSA) is 93.7 Å². The van der Waals surface area contributed by atoms with Crippen LogP contribution in [0.25, 0.3) is 6.08 Å². The van der Waals surface area contributed by atoms with Crippen LogP contribution >= 0.6 is 15.9 Å². The Labute approximate surface area is 172 Å². The molecule has 0 unspecified atom stereocenters. The number of esters is 1. The largest absolute Gasteiger partial charge is 0.452 e. The molecule has 0 radical (unpaired) electrons. The van der Waals surface area contributed by atoms with E-state index in [-0.39, 0.29) is 5.75 Å². The van der Waals surface area contributed by atoms with Gasteiger partial charge in [-0.05, 0) is 48.0 Å². The SMILES string of the molecule is O=C(COC(=O)C=Cc1ccc(OC(F)F)cc1)NNC(=O)c1ccc(Br)cc1. The van der Waals surface area contributed by atoms with E-state index in [0.717, 1.165) is 10.5 Å². The Kier molecular flexibility index (Phi) is 8.28. The Bertz CT molecular complexity index is 886. The first-order valence-electron chi connectivity index (χ1n) is 8.08. The van der Waals surface area contributed by atoms with Crippen molar-refractivity contribution in [2.24, 2.45) is 0 Å². The van der Waals surface area contributed by atoms with E-state index in [0.29, 0.717) is 11.1 Å². The van der Waals surface area contributed by atoms with Crippen molar-refractivity contribution in [3.8, 4) is 5.75 Å². The summed E-state index contributed by atoms with van der Waals surface area (Å²) in [4.78, 5) is 35.1. The number of nitrogens with one attached hydrogen (secondary N) is 2. The molecule has 0 saturated heterocycles. The van der Waals surface area contributed by atoms with Gasteiger partial charge in [0.2, 0.25) is 0 Å². The molecule has 0 aliphatic rings. The molecule has 0 saturated carbocycles. The number of amides is 2. The summed E-state index contributed by atoms with van der Waals surface area (Å²) in [7, 11) is 0. The molecular formula is C19H15BrF2N2O5. The molecule has 0 fully saturated rings. The number of halogens is 3. The summed E-state index contributed by atoms with van der Waals surface area (Å²) in [6.45, 7) is -3.53. The second-order valence-corrected chi connectivity index (χ2v) is 6.31. The number of hydrogen-bond acceptors (Lipinski definition) is 5. The molecule has 0 bridgehead atoms. The summed E-state index contributed by atoms with van der Waals surface area (Å²) in [6, 6.07) is 12.0. The van der Waals surface area contributed by atoms with Gasteiger partial charge < -0.3 is 9.47 Å². The van der Waals surface area contributed by atoms with Gasteiger partial charge in [-0.25, -0.2) is 4.79 Å². The fraction of sp³-hybridized carbons (Fsp3) is 0.105. The molecule has 2 rings (SSSR count). The van der Waals surface area contributed by atoms with Crippen molar-refractivity contribution < 1.29 is 32.6 Å². The Morgan fingerprint density at radius 1 is 1.00 bits per heavy atom. The summed E-state index contributed by atoms with van der Waals surface area (Å²) >= 11 is 3.24. The molecule has 2 amide bonds. The lowest BCUT2D eigenvalue weighted by atomic mass is 10.2. The van der Waals surface area contributed by atoms with Crippen LogP contribution in [0.1, 0.15) is 15.9 Å². The van der Waals surface area contributed by atoms with Crippen LogP contribution < -0.4 is 15.6 Å². The standard InChI is InChI=1S/C19H15BrF2N2O5/c20-14-6-4-13(5-7-14)18(27)24-23-16(25)11-28-17(26)10-3-12-1-8-15(9-2-12)29-19(21)22/h1-10,19H,11H2,(H,23,25)(H,24,27). The van der Waals surface area contributed by atoms with E-state index in [4.69, 9.17) is 4.74 Å². The monoisotopic (exact) mass is 468 g/mol. The second-order valence-electron chi connectivity index (χ2n) is 5.40. The third-order valence-corrected chi connectivity index (χ3v) is 3.81. The highest BCUT2D eigenvalue weighted by molar-refractivity contribution is 9.10. The van der Waals surface area contributed by atoms with Crippen molar-refractivity contribution in [3.05, 3.63) is 70.2 Å². The zero-order valence-electron chi connectivity index (χ0n) is 14.7. The van der Waals surface area contributed by atoms with Crippen LogP contribution in [0.15, 0.2) is 59.1 Å². The van der Waals surface area contributed by atoms with Crippen molar-refractivity contribution in [2.45, 2.75) is 6.61 Å². The maximum Gasteiger partial charge on any atom is 0.387 e. The Morgan fingerprint density at radius 2 is 1.66 bits per heavy atom. The molecule has 29 heavy (non-hydrogen) atoms. The number of hydrazine groups is 1. The minimum Gasteiger partial charge on any atom is -0.452 e. The van der Waals surface area contributed by atoms with Crippen molar-refractivity contribution in [1.82, 2.24) is 10.9 Å². The summed E-state index contributed by atoms with van der Waals surface area (Å²) in [6.07, 6.45) is 2.44. The molecular weight excluding hydrogens is 454 g/mol. The fourth-order valence-corrected chi connectivity index (χ4v) is 2.21. The zero-order chi connectivity index (χ0) is 21.2. The number of carbonyl (C=O) groups excluding carboxylic acids is 3. The molecule has 152 valence electrons. The Hall–Kier alpha value is -3.27. The van der Waals surface area contributed by atoms with Gasteiger partial charge >= 0.3 is 12.6 Å². The summed E-state index contributed by atoms with van der Waals surface area (Å²) in [5, 5.41) is 0. The Balaban J connectivity index is 1.72. The van der Waals surface area contributed by atoms with E-state index in [9.17, 15) is 23.2 Å². The highest BCUT2D eigenvalue weighted by atomic mass is 79.9. The molecule has 2 aromatic carbocycles. The van der Waals surface area contributed by atoms with Gasteiger partial charge in [-0.1, -0.05) is 28.1 Å². The highest BCUT2D eigenvalue weighted by Gasteiger charge is 2.09. The average Bonchev–Trinajstić information content (AvgIpc) is 2.70. The predicted octanol–water partition coefficient (Wildman–Crippen LogP) is 3.07. The molecule has 2 aromatic rings. The van der Waals surface area contributed by atoms with E-state index in [1.165, 1.54) is 30.3 Å². The lowest BCUT2D eigenvalue weighted by Crippen LogP contribution is -2.43. The van der Waals surface area contributed by atoms with Crippen molar-refractivity contribution in [2.75, 3.05) is 6.61 Å². The smallest absolute Gasteiger partial charge is 0.387 e. The van der Waals surface area contributed by atoms with E-state index in [2.05, 4.69) is 31.5 Å². The zero-order valence-corrected chi connectivity index (χ0v) is 16.3. The lowest BCUT2D eigenvalue weighted by Gasteiger charge is -2.07. The number of rotatable bonds is 7. The highest BCUT2D eigenvalue weighted by Crippen LogP contribution is 2.15. The van der Waals surface area contributed by atoms with Crippen molar-refractivity contribution >= 4 is 39.8 Å². The van der Waals surface area contributed by atoms with Gasteiger partial charge in [-0.3, -0.25) is 20.4 Å². The van der Waals surface area contributed by atoms with Gasteiger partial charge in [0.25, 0.3) is 11.8 Å². The van der Waals surface area contributed by atoms with Gasteiger partial charge in [0.15, 0.2) is 6.61 Å². The van der Waals surface area contributed by atoms with Gasteiger partial charge in [0.05, 0.1) is 0 Å². The van der Waals surface area contributed by atoms with Crippen LogP contribution in [-0.2, 0) is 14.3 Å². The molecule has 0 spiro atoms. The van der Waals surface area contributed by atoms with Crippen LogP contribution in [0, 0.1) is 0 Å². The second kappa shape index (κ2) is 10.9. The third kappa shape index (κ3) is 8.09. The first kappa shape index (κ1) is 22.0. The summed E-state index contributed by atoms with van der Waals surface area (Å²) in [5.74, 6) is -2.07. The minimum atomic E-state index is -2.92. The fourth-order valence-electron chi connectivity index (χ4n) is 1.95. The maximum absolute atomic E-state index is 12.1. The molecule has 0 aliphatic heterocycles. The van der Waals surface area contributed by atoms with Crippen molar-refractivity contribution in [1.29, 1.82) is 0 Å². The van der Waals surface area contributed by atoms with E-state index in [1.807, 2.05) is 0 Å². The van der Waals surface area contributed by atoms with Gasteiger partial charge in [-0.2, -0.15) is 8.78 Å². The van der Waals surface area contributed by atoms with Crippen molar-refractivity contribution in [3.63, 3.8) is 0 Å². The van der Waals surface area contributed by atoms with E-state index < -0.39 is 31.0 Å². The molecule has 0 aliphatic carbocycles. The maximum atomic E-state index is 12.1. The molecule has 7 nitrogen and oxygen atoms in total. The normalized spacial score (nSPS) is 10.6. The first-order valence-corrected chi connectivity index (χ1v) is 8.87. The van der Waals surface area contributed by atoms with Crippen LogP contribution in [0.2, 0.25) is 0 Å². The van der Waals surface area contributed by atoms with Crippen LogP contribution in [0.3, 0.4) is 0 Å². The first-order chi connectivity index (χ1) is 13.8. The minimum absolute atomic E-state index is 0.0124. The molecule has 0 atom stereocenters. The molecule has 0 aromatic heterocycles. The number of carbonyl (C=O) groups is 3. The molecule has 2 N–H and O–H groups in total. The third-order valence-electron chi connectivity index (χ3n) is 3.28.